The van der Waals surface area contributed by atoms with Crippen molar-refractivity contribution < 1.29 is 13.7 Å². The Balaban J connectivity index is 2.35. The lowest BCUT2D eigenvalue weighted by atomic mass is 9.85. The van der Waals surface area contributed by atoms with Crippen molar-refractivity contribution in [2.45, 2.75) is 44.4 Å². The predicted octanol–water partition coefficient (Wildman–Crippen LogP) is 3.42. The van der Waals surface area contributed by atoms with Gasteiger partial charge >= 0.3 is 0 Å². The largest absolute Gasteiger partial charge is 0.489 e. The first-order valence-electron chi connectivity index (χ1n) is 11.1. The molecule has 0 radical (unpaired) electrons. The van der Waals surface area contributed by atoms with Gasteiger partial charge in [0, 0.05) is 37.8 Å². The molecule has 1 aliphatic rings. The second-order valence-corrected chi connectivity index (χ2v) is 12.0. The minimum Gasteiger partial charge on any atom is -0.489 e. The van der Waals surface area contributed by atoms with Gasteiger partial charge in [-0.2, -0.15) is 0 Å². The van der Waals surface area contributed by atoms with Crippen molar-refractivity contribution in [3.8, 4) is 5.75 Å². The molecule has 1 saturated heterocycles. The highest BCUT2D eigenvalue weighted by Gasteiger charge is 2.35. The number of nitrogens with two attached hydrogens (primary N) is 2. The summed E-state index contributed by atoms with van der Waals surface area (Å²) in [7, 11) is -1.34. The molecule has 1 unspecified atom stereocenters. The summed E-state index contributed by atoms with van der Waals surface area (Å²) in [5.74, 6) is 0.291. The van der Waals surface area contributed by atoms with Crippen molar-refractivity contribution in [1.29, 1.82) is 0 Å². The van der Waals surface area contributed by atoms with E-state index in [4.69, 9.17) is 39.4 Å². The molecule has 10 heteroatoms. The molecule has 2 atom stereocenters. The summed E-state index contributed by atoms with van der Waals surface area (Å²) < 4.78 is 21.8. The van der Waals surface area contributed by atoms with Gasteiger partial charge in [0.15, 0.2) is 0 Å². The summed E-state index contributed by atoms with van der Waals surface area (Å²) in [6, 6.07) is 3.15. The smallest absolute Gasteiger partial charge is 0.228 e. The molecule has 7 nitrogen and oxygen atoms in total. The number of halogens is 2. The molecule has 1 heterocycles. The van der Waals surface area contributed by atoms with Crippen molar-refractivity contribution >= 4 is 40.1 Å². The van der Waals surface area contributed by atoms with Gasteiger partial charge < -0.3 is 21.1 Å². The standard InChI is InChI=1S/C23H36Cl2N4O3S/c1-5-10-32-20-12-19(25)18(24)11-17(20)21(28-33(31)23(2,3)4)15-6-8-29(9-7-15)22(30)16(13-26)14-27/h5,11-12,15-16,21,28H,1,6-10,13-14,26-27H2,2-4H3/t21-,33?/m1/s1. The monoisotopic (exact) mass is 518 g/mol. The highest BCUT2D eigenvalue weighted by Crippen LogP contribution is 2.40. The average molecular weight is 520 g/mol. The summed E-state index contributed by atoms with van der Waals surface area (Å²) in [5.41, 5.74) is 12.2. The number of amides is 1. The van der Waals surface area contributed by atoms with E-state index in [1.54, 1.807) is 18.2 Å². The molecule has 1 amide bonds. The third-order valence-corrected chi connectivity index (χ3v) is 8.08. The van der Waals surface area contributed by atoms with E-state index in [-0.39, 0.29) is 36.9 Å². The fourth-order valence-electron chi connectivity index (χ4n) is 3.78. The van der Waals surface area contributed by atoms with Gasteiger partial charge in [-0.15, -0.1) is 0 Å². The van der Waals surface area contributed by atoms with E-state index in [9.17, 15) is 9.00 Å². The Hall–Kier alpha value is -1.16. The molecule has 5 N–H and O–H groups in total. The zero-order chi connectivity index (χ0) is 24.8. The van der Waals surface area contributed by atoms with Crippen LogP contribution in [0.1, 0.15) is 45.2 Å². The Labute approximate surface area is 209 Å². The van der Waals surface area contributed by atoms with Crippen LogP contribution >= 0.6 is 23.2 Å². The fourth-order valence-corrected chi connectivity index (χ4v) is 5.01. The molecule has 1 fully saturated rings. The van der Waals surface area contributed by atoms with E-state index in [1.165, 1.54) is 0 Å². The van der Waals surface area contributed by atoms with Crippen molar-refractivity contribution in [3.63, 3.8) is 0 Å². The first kappa shape index (κ1) is 28.1. The maximum absolute atomic E-state index is 13.1. The van der Waals surface area contributed by atoms with E-state index in [0.29, 0.717) is 48.3 Å². The molecule has 1 aromatic rings. The molecule has 186 valence electrons. The maximum Gasteiger partial charge on any atom is 0.228 e. The topological polar surface area (TPSA) is 111 Å². The summed E-state index contributed by atoms with van der Waals surface area (Å²) in [5, 5.41) is 0.775. The zero-order valence-corrected chi connectivity index (χ0v) is 21.9. The van der Waals surface area contributed by atoms with Crippen LogP contribution in [0.2, 0.25) is 10.0 Å². The zero-order valence-electron chi connectivity index (χ0n) is 19.6. The number of nitrogens with zero attached hydrogens (tertiary/aromatic N) is 1. The number of rotatable bonds is 10. The third kappa shape index (κ3) is 7.41. The Morgan fingerprint density at radius 1 is 1.27 bits per heavy atom. The summed E-state index contributed by atoms with van der Waals surface area (Å²) >= 11 is 12.6. The lowest BCUT2D eigenvalue weighted by Crippen LogP contribution is -2.48. The van der Waals surface area contributed by atoms with Crippen LogP contribution in [0, 0.1) is 11.8 Å². The van der Waals surface area contributed by atoms with Crippen LogP contribution in [-0.4, -0.2) is 52.5 Å². The van der Waals surface area contributed by atoms with Crippen LogP contribution in [0.3, 0.4) is 0 Å². The van der Waals surface area contributed by atoms with Gasteiger partial charge in [-0.25, -0.2) is 8.93 Å². The van der Waals surface area contributed by atoms with Gasteiger partial charge in [0.1, 0.15) is 12.4 Å². The van der Waals surface area contributed by atoms with Gasteiger partial charge in [-0.05, 0) is 45.6 Å². The molecule has 1 aromatic carbocycles. The van der Waals surface area contributed by atoms with Crippen molar-refractivity contribution in [2.75, 3.05) is 32.8 Å². The third-order valence-electron chi connectivity index (χ3n) is 5.78. The molecule has 0 spiro atoms. The molecular weight excluding hydrogens is 483 g/mol. The number of hydrogen-bond acceptors (Lipinski definition) is 5. The first-order chi connectivity index (χ1) is 15.5. The predicted molar refractivity (Wildman–Crippen MR) is 137 cm³/mol. The molecule has 0 saturated carbocycles. The van der Waals surface area contributed by atoms with E-state index >= 15 is 0 Å². The minimum atomic E-state index is -1.34. The number of piperidine rings is 1. The Bertz CT molecular complexity index is 851. The van der Waals surface area contributed by atoms with Gasteiger partial charge in [-0.3, -0.25) is 4.79 Å². The van der Waals surface area contributed by atoms with Crippen molar-refractivity contribution in [2.24, 2.45) is 23.3 Å². The van der Waals surface area contributed by atoms with Crippen LogP contribution in [0.4, 0.5) is 0 Å². The number of carbonyl (C=O) groups is 1. The van der Waals surface area contributed by atoms with Crippen LogP contribution in [0.25, 0.3) is 0 Å². The quantitative estimate of drug-likeness (QED) is 0.411. The number of nitrogens with one attached hydrogen (secondary N) is 1. The average Bonchev–Trinajstić information content (AvgIpc) is 2.78. The number of benzene rings is 1. The Kier molecular flexibility index (Phi) is 10.7. The SMILES string of the molecule is C=CCOc1cc(Cl)c(Cl)cc1[C@H](NS(=O)C(C)(C)C)C1CCN(C(=O)C(CN)CN)CC1. The minimum absolute atomic E-state index is 0.00855. The Morgan fingerprint density at radius 3 is 2.36 bits per heavy atom. The molecule has 2 rings (SSSR count). The van der Waals surface area contributed by atoms with Gasteiger partial charge in [0.05, 0.1) is 37.7 Å². The summed E-state index contributed by atoms with van der Waals surface area (Å²) in [4.78, 5) is 14.5. The normalized spacial score (nSPS) is 17.2. The molecule has 0 aliphatic carbocycles. The van der Waals surface area contributed by atoms with Gasteiger partial charge in [0.2, 0.25) is 5.91 Å². The number of ether oxygens (including phenoxy) is 1. The molecule has 0 bridgehead atoms. The van der Waals surface area contributed by atoms with Crippen LogP contribution in [0.5, 0.6) is 5.75 Å². The van der Waals surface area contributed by atoms with E-state index in [1.807, 2.05) is 25.7 Å². The second kappa shape index (κ2) is 12.5. The van der Waals surface area contributed by atoms with Crippen LogP contribution < -0.4 is 20.9 Å². The van der Waals surface area contributed by atoms with Crippen LogP contribution in [0.15, 0.2) is 24.8 Å². The number of carbonyl (C=O) groups excluding carboxylic acids is 1. The summed E-state index contributed by atoms with van der Waals surface area (Å²) in [6.07, 6.45) is 3.08. The van der Waals surface area contributed by atoms with Crippen LogP contribution in [-0.2, 0) is 15.8 Å². The molecule has 33 heavy (non-hydrogen) atoms. The Morgan fingerprint density at radius 2 is 1.85 bits per heavy atom. The molecular formula is C23H36Cl2N4O3S. The lowest BCUT2D eigenvalue weighted by molar-refractivity contribution is -0.136. The van der Waals surface area contributed by atoms with E-state index in [2.05, 4.69) is 11.3 Å². The number of likely N-dealkylation sites (tertiary alicyclic amines) is 1. The lowest BCUT2D eigenvalue weighted by Gasteiger charge is -2.38. The number of hydrogen-bond donors (Lipinski definition) is 3. The first-order valence-corrected chi connectivity index (χ1v) is 13.0. The van der Waals surface area contributed by atoms with Crippen molar-refractivity contribution in [1.82, 2.24) is 9.62 Å². The van der Waals surface area contributed by atoms with Crippen molar-refractivity contribution in [3.05, 3.63) is 40.4 Å². The maximum atomic E-state index is 13.1. The van der Waals surface area contributed by atoms with E-state index in [0.717, 1.165) is 5.56 Å². The van der Waals surface area contributed by atoms with Gasteiger partial charge in [-0.1, -0.05) is 35.9 Å². The highest BCUT2D eigenvalue weighted by atomic mass is 35.5. The summed E-state index contributed by atoms with van der Waals surface area (Å²) in [6.45, 7) is 11.4. The molecule has 1 aliphatic heterocycles. The highest BCUT2D eigenvalue weighted by molar-refractivity contribution is 7.84. The van der Waals surface area contributed by atoms with Gasteiger partial charge in [0.25, 0.3) is 0 Å². The van der Waals surface area contributed by atoms with E-state index < -0.39 is 15.7 Å². The fraction of sp³-hybridized carbons (Fsp3) is 0.609. The molecule has 0 aromatic heterocycles. The second-order valence-electron chi connectivity index (χ2n) is 9.21.